The van der Waals surface area contributed by atoms with Gasteiger partial charge < -0.3 is 15.2 Å². The zero-order valence-electron chi connectivity index (χ0n) is 33.9. The number of esters is 1. The molecule has 6 nitrogen and oxygen atoms in total. The summed E-state index contributed by atoms with van der Waals surface area (Å²) >= 11 is 0. The number of hydrogen-bond acceptors (Lipinski definition) is 4. The van der Waals surface area contributed by atoms with Crippen molar-refractivity contribution in [2.45, 2.75) is 219 Å². The molecule has 0 bridgehead atoms. The van der Waals surface area contributed by atoms with Crippen LogP contribution < -0.4 is 5.32 Å². The lowest BCUT2D eigenvalue weighted by atomic mass is 10.0. The molecular formula is C46H81NO5. The molecule has 0 aromatic rings. The van der Waals surface area contributed by atoms with Crippen LogP contribution in [0, 0.1) is 0 Å². The molecule has 2 N–H and O–H groups in total. The Morgan fingerprint density at radius 1 is 0.519 bits per heavy atom. The summed E-state index contributed by atoms with van der Waals surface area (Å²) in [5, 5.41) is 11.1. The summed E-state index contributed by atoms with van der Waals surface area (Å²) in [5.41, 5.74) is 0. The van der Waals surface area contributed by atoms with Gasteiger partial charge in [0.05, 0.1) is 0 Å². The lowest BCUT2D eigenvalue weighted by molar-refractivity contribution is -0.150. The SMILES string of the molecule is CC/C=C\C/C=C\C/C=C\C/C=C\CCCCCCCCC(=O)OC(CCCCCCCCCCCCC)CCCCCCCC(=O)NCC(=O)O. The van der Waals surface area contributed by atoms with Gasteiger partial charge in [-0.1, -0.05) is 172 Å². The maximum atomic E-state index is 12.8. The second-order valence-electron chi connectivity index (χ2n) is 14.6. The van der Waals surface area contributed by atoms with E-state index in [-0.39, 0.29) is 24.5 Å². The summed E-state index contributed by atoms with van der Waals surface area (Å²) in [5.74, 6) is -1.24. The molecule has 0 aliphatic heterocycles. The molecule has 1 unspecified atom stereocenters. The number of amides is 1. The molecule has 6 heteroatoms. The number of carboxylic acid groups (broad SMARTS) is 1. The van der Waals surface area contributed by atoms with Gasteiger partial charge >= 0.3 is 11.9 Å². The van der Waals surface area contributed by atoms with Crippen LogP contribution in [0.4, 0.5) is 0 Å². The van der Waals surface area contributed by atoms with Gasteiger partial charge in [-0.2, -0.15) is 0 Å². The molecule has 0 spiro atoms. The summed E-state index contributed by atoms with van der Waals surface area (Å²) < 4.78 is 6.03. The Bertz CT molecular complexity index is 937. The molecule has 0 aromatic heterocycles. The minimum atomic E-state index is -1.02. The van der Waals surface area contributed by atoms with E-state index in [9.17, 15) is 14.4 Å². The predicted octanol–water partition coefficient (Wildman–Crippen LogP) is 13.5. The van der Waals surface area contributed by atoms with Gasteiger partial charge in [0.2, 0.25) is 5.91 Å². The fourth-order valence-electron chi connectivity index (χ4n) is 6.33. The van der Waals surface area contributed by atoms with Crippen LogP contribution in [0.3, 0.4) is 0 Å². The van der Waals surface area contributed by atoms with E-state index in [1.54, 1.807) is 0 Å². The van der Waals surface area contributed by atoms with Crippen molar-refractivity contribution < 1.29 is 24.2 Å². The second-order valence-corrected chi connectivity index (χ2v) is 14.6. The first-order valence-corrected chi connectivity index (χ1v) is 21.8. The number of ether oxygens (including phenoxy) is 1. The van der Waals surface area contributed by atoms with Crippen LogP contribution >= 0.6 is 0 Å². The smallest absolute Gasteiger partial charge is 0.322 e. The van der Waals surface area contributed by atoms with E-state index >= 15 is 0 Å². The Morgan fingerprint density at radius 2 is 0.942 bits per heavy atom. The van der Waals surface area contributed by atoms with Crippen molar-refractivity contribution in [3.8, 4) is 0 Å². The highest BCUT2D eigenvalue weighted by molar-refractivity contribution is 5.80. The fourth-order valence-corrected chi connectivity index (χ4v) is 6.33. The van der Waals surface area contributed by atoms with E-state index < -0.39 is 5.97 Å². The van der Waals surface area contributed by atoms with Crippen LogP contribution in [0.1, 0.15) is 213 Å². The number of allylic oxidation sites excluding steroid dienone is 8. The molecule has 0 saturated carbocycles. The first kappa shape index (κ1) is 49.4. The molecule has 300 valence electrons. The monoisotopic (exact) mass is 728 g/mol. The molecule has 0 radical (unpaired) electrons. The highest BCUT2D eigenvalue weighted by Crippen LogP contribution is 2.19. The normalized spacial score (nSPS) is 12.5. The van der Waals surface area contributed by atoms with Gasteiger partial charge in [-0.15, -0.1) is 0 Å². The van der Waals surface area contributed by atoms with Crippen LogP contribution in [-0.4, -0.2) is 35.6 Å². The number of carboxylic acids is 1. The zero-order valence-corrected chi connectivity index (χ0v) is 33.9. The number of unbranched alkanes of at least 4 members (excludes halogenated alkanes) is 20. The number of rotatable bonds is 39. The highest BCUT2D eigenvalue weighted by Gasteiger charge is 2.14. The van der Waals surface area contributed by atoms with Crippen molar-refractivity contribution in [2.24, 2.45) is 0 Å². The molecule has 0 heterocycles. The lowest BCUT2D eigenvalue weighted by Gasteiger charge is -2.18. The molecule has 1 atom stereocenters. The van der Waals surface area contributed by atoms with Gasteiger partial charge in [-0.3, -0.25) is 14.4 Å². The summed E-state index contributed by atoms with van der Waals surface area (Å²) in [6.07, 6.45) is 52.3. The van der Waals surface area contributed by atoms with Crippen LogP contribution in [0.5, 0.6) is 0 Å². The van der Waals surface area contributed by atoms with Gasteiger partial charge in [0.1, 0.15) is 12.6 Å². The molecule has 0 saturated heterocycles. The average molecular weight is 728 g/mol. The lowest BCUT2D eigenvalue weighted by Crippen LogP contribution is -2.28. The van der Waals surface area contributed by atoms with E-state index in [4.69, 9.17) is 9.84 Å². The molecular weight excluding hydrogens is 647 g/mol. The minimum Gasteiger partial charge on any atom is -0.480 e. The molecule has 0 rings (SSSR count). The van der Waals surface area contributed by atoms with Gasteiger partial charge in [-0.05, 0) is 77.0 Å². The summed E-state index contributed by atoms with van der Waals surface area (Å²) in [7, 11) is 0. The highest BCUT2D eigenvalue weighted by atomic mass is 16.5. The van der Waals surface area contributed by atoms with Crippen molar-refractivity contribution >= 4 is 17.8 Å². The van der Waals surface area contributed by atoms with Crippen molar-refractivity contribution in [1.29, 1.82) is 0 Å². The van der Waals surface area contributed by atoms with Crippen LogP contribution in [0.25, 0.3) is 0 Å². The number of carbonyl (C=O) groups is 3. The van der Waals surface area contributed by atoms with Crippen molar-refractivity contribution in [3.63, 3.8) is 0 Å². The molecule has 0 aliphatic carbocycles. The van der Waals surface area contributed by atoms with E-state index in [1.165, 1.54) is 89.9 Å². The third-order valence-electron chi connectivity index (χ3n) is 9.52. The fraction of sp³-hybridized carbons (Fsp3) is 0.761. The first-order chi connectivity index (χ1) is 25.5. The van der Waals surface area contributed by atoms with Crippen LogP contribution in [-0.2, 0) is 19.1 Å². The molecule has 0 aromatic carbocycles. The van der Waals surface area contributed by atoms with E-state index in [2.05, 4.69) is 67.8 Å². The Hall–Kier alpha value is -2.63. The largest absolute Gasteiger partial charge is 0.480 e. The van der Waals surface area contributed by atoms with Gasteiger partial charge in [0, 0.05) is 12.8 Å². The van der Waals surface area contributed by atoms with Crippen molar-refractivity contribution in [1.82, 2.24) is 5.32 Å². The second kappa shape index (κ2) is 41.1. The molecule has 52 heavy (non-hydrogen) atoms. The van der Waals surface area contributed by atoms with Crippen LogP contribution in [0.15, 0.2) is 48.6 Å². The minimum absolute atomic E-state index is 0.0197. The van der Waals surface area contributed by atoms with E-state index in [0.29, 0.717) is 12.8 Å². The third-order valence-corrected chi connectivity index (χ3v) is 9.52. The number of aliphatic carboxylic acids is 1. The molecule has 1 amide bonds. The molecule has 0 fully saturated rings. The maximum absolute atomic E-state index is 12.8. The van der Waals surface area contributed by atoms with Gasteiger partial charge in [0.15, 0.2) is 0 Å². The average Bonchev–Trinajstić information content (AvgIpc) is 3.13. The van der Waals surface area contributed by atoms with E-state index in [0.717, 1.165) is 96.3 Å². The van der Waals surface area contributed by atoms with Crippen LogP contribution in [0.2, 0.25) is 0 Å². The third kappa shape index (κ3) is 40.1. The Morgan fingerprint density at radius 3 is 1.44 bits per heavy atom. The summed E-state index contributed by atoms with van der Waals surface area (Å²) in [6, 6.07) is 0. The maximum Gasteiger partial charge on any atom is 0.322 e. The number of nitrogens with one attached hydrogen (secondary N) is 1. The number of carbonyl (C=O) groups excluding carboxylic acids is 2. The van der Waals surface area contributed by atoms with Crippen molar-refractivity contribution in [3.05, 3.63) is 48.6 Å². The Balaban J connectivity index is 4.15. The standard InChI is InChI=1S/C46H81NO5/c1-3-5-7-9-11-13-15-16-17-18-19-20-21-22-24-26-28-33-37-41-46(51)52-43(38-34-30-27-25-23-14-12-10-8-6-4-2)39-35-31-29-32-36-40-44(48)47-42-45(49)50/h5,7,11,13,16-17,19-20,43H,3-4,6,8-10,12,14-15,18,21-42H2,1-2H3,(H,47,48)(H,49,50)/b7-5-,13-11-,17-16-,20-19-. The number of hydrogen-bond donors (Lipinski definition) is 2. The Kier molecular flexibility index (Phi) is 39.1. The predicted molar refractivity (Wildman–Crippen MR) is 222 cm³/mol. The van der Waals surface area contributed by atoms with Gasteiger partial charge in [0.25, 0.3) is 0 Å². The first-order valence-electron chi connectivity index (χ1n) is 21.8. The Labute approximate surface area is 320 Å². The van der Waals surface area contributed by atoms with Gasteiger partial charge in [-0.25, -0.2) is 0 Å². The van der Waals surface area contributed by atoms with E-state index in [1.807, 2.05) is 0 Å². The summed E-state index contributed by atoms with van der Waals surface area (Å²) in [6.45, 7) is 4.11. The molecule has 0 aliphatic rings. The van der Waals surface area contributed by atoms with Crippen molar-refractivity contribution in [2.75, 3.05) is 6.54 Å². The quantitative estimate of drug-likeness (QED) is 0.0373. The topological polar surface area (TPSA) is 92.7 Å². The summed E-state index contributed by atoms with van der Waals surface area (Å²) in [4.78, 5) is 35.0. The zero-order chi connectivity index (χ0) is 38.0.